The topological polar surface area (TPSA) is 30.1 Å². The quantitative estimate of drug-likeness (QED) is 0.179. The molecule has 2 aromatic heterocycles. The van der Waals surface area contributed by atoms with Gasteiger partial charge in [-0.3, -0.25) is 0 Å². The van der Waals surface area contributed by atoms with E-state index in [0.717, 1.165) is 44.4 Å². The summed E-state index contributed by atoms with van der Waals surface area (Å²) in [5, 5.41) is 8.85. The molecule has 68 heavy (non-hydrogen) atoms. The first-order chi connectivity index (χ1) is 32.9. The van der Waals surface area contributed by atoms with Gasteiger partial charge in [-0.1, -0.05) is 175 Å². The van der Waals surface area contributed by atoms with Gasteiger partial charge in [-0.2, -0.15) is 0 Å². The summed E-state index contributed by atoms with van der Waals surface area (Å²) in [7, 11) is 2.49. The molecule has 0 atom stereocenters. The van der Waals surface area contributed by atoms with Crippen molar-refractivity contribution in [3.05, 3.63) is 198 Å². The van der Waals surface area contributed by atoms with Crippen LogP contribution in [0.15, 0.2) is 174 Å². The van der Waals surface area contributed by atoms with E-state index in [4.69, 9.17) is 4.42 Å². The molecule has 0 saturated heterocycles. The maximum absolute atomic E-state index is 7.36. The Kier molecular flexibility index (Phi) is 7.89. The lowest BCUT2D eigenvalue weighted by Crippen LogP contribution is -2.38. The maximum Gasteiger partial charge on any atom is 0.198 e. The fourth-order valence-corrected chi connectivity index (χ4v) is 12.5. The molecule has 325 valence electrons. The third-order valence-electron chi connectivity index (χ3n) is 15.9. The fraction of sp³-hybridized carbons (Fsp3) is 0.156. The number of aromatic nitrogens is 1. The number of furan rings is 1. The third kappa shape index (κ3) is 5.32. The van der Waals surface area contributed by atoms with Gasteiger partial charge in [-0.05, 0) is 121 Å². The molecule has 0 spiro atoms. The second kappa shape index (κ2) is 13.5. The molecule has 0 amide bonds. The van der Waals surface area contributed by atoms with Gasteiger partial charge < -0.3 is 14.3 Å². The normalized spacial score (nSPS) is 14.8. The Bertz CT molecular complexity index is 4010. The molecule has 0 bridgehead atoms. The van der Waals surface area contributed by atoms with Crippen LogP contribution in [0.3, 0.4) is 0 Å². The molecule has 9 aromatic carbocycles. The minimum absolute atomic E-state index is 0.0450. The van der Waals surface area contributed by atoms with Crippen molar-refractivity contribution >= 4 is 73.3 Å². The van der Waals surface area contributed by atoms with Crippen molar-refractivity contribution < 1.29 is 4.42 Å². The van der Waals surface area contributed by atoms with Crippen LogP contribution in [0, 0.1) is 0 Å². The number of nitrogens with one attached hydrogen (secondary N) is 1. The van der Waals surface area contributed by atoms with Crippen molar-refractivity contribution in [1.82, 2.24) is 4.57 Å². The molecular formula is C64H50BN2O. The van der Waals surface area contributed by atoms with Crippen LogP contribution in [-0.4, -0.2) is 11.8 Å². The van der Waals surface area contributed by atoms with Gasteiger partial charge in [0.15, 0.2) is 7.28 Å². The van der Waals surface area contributed by atoms with Crippen molar-refractivity contribution in [1.29, 1.82) is 0 Å². The first-order valence-electron chi connectivity index (χ1n) is 24.2. The Hall–Kier alpha value is -7.56. The van der Waals surface area contributed by atoms with E-state index < -0.39 is 0 Å². The van der Waals surface area contributed by atoms with Gasteiger partial charge in [0.25, 0.3) is 0 Å². The number of hydrogen-bond donors (Lipinski definition) is 1. The average Bonchev–Trinajstić information content (AvgIpc) is 4.02. The van der Waals surface area contributed by atoms with E-state index in [1.54, 1.807) is 0 Å². The predicted octanol–water partition coefficient (Wildman–Crippen LogP) is 15.6. The Balaban J connectivity index is 1.14. The van der Waals surface area contributed by atoms with Crippen molar-refractivity contribution in [2.45, 2.75) is 64.7 Å². The molecule has 0 unspecified atom stereocenters. The van der Waals surface area contributed by atoms with E-state index >= 15 is 0 Å². The lowest BCUT2D eigenvalue weighted by Gasteiger charge is -2.28. The summed E-state index contributed by atoms with van der Waals surface area (Å²) < 4.78 is 9.96. The summed E-state index contributed by atoms with van der Waals surface area (Å²) in [6.07, 6.45) is 0. The highest BCUT2D eigenvalue weighted by Gasteiger charge is 2.40. The Morgan fingerprint density at radius 3 is 1.94 bits per heavy atom. The monoisotopic (exact) mass is 873 g/mol. The molecule has 0 fully saturated rings. The van der Waals surface area contributed by atoms with Crippen LogP contribution >= 0.6 is 0 Å². The van der Waals surface area contributed by atoms with Crippen molar-refractivity contribution in [2.75, 3.05) is 5.32 Å². The molecule has 3 heterocycles. The van der Waals surface area contributed by atoms with Crippen LogP contribution < -0.4 is 16.2 Å². The molecule has 3 nitrogen and oxygen atoms in total. The van der Waals surface area contributed by atoms with E-state index in [9.17, 15) is 0 Å². The smallest absolute Gasteiger partial charge is 0.198 e. The third-order valence-corrected chi connectivity index (χ3v) is 15.9. The van der Waals surface area contributed by atoms with Gasteiger partial charge in [0.05, 0.1) is 5.52 Å². The Labute approximate surface area is 398 Å². The lowest BCUT2D eigenvalue weighted by molar-refractivity contribution is 0.591. The molecule has 2 aliphatic carbocycles. The fourth-order valence-electron chi connectivity index (χ4n) is 12.5. The zero-order valence-electron chi connectivity index (χ0n) is 39.6. The van der Waals surface area contributed by atoms with E-state index in [1.807, 2.05) is 0 Å². The summed E-state index contributed by atoms with van der Waals surface area (Å²) in [6.45, 7) is 16.5. The van der Waals surface area contributed by atoms with Crippen LogP contribution in [0.25, 0.3) is 93.9 Å². The average molecular weight is 874 g/mol. The van der Waals surface area contributed by atoms with Crippen LogP contribution in [-0.2, 0) is 16.2 Å². The van der Waals surface area contributed by atoms with Gasteiger partial charge in [0.1, 0.15) is 11.2 Å². The summed E-state index contributed by atoms with van der Waals surface area (Å²) in [5.74, 6) is 0. The molecule has 11 aromatic rings. The summed E-state index contributed by atoms with van der Waals surface area (Å²) in [5.41, 5.74) is 26.0. The van der Waals surface area contributed by atoms with Crippen molar-refractivity contribution in [3.8, 4) is 50.2 Å². The van der Waals surface area contributed by atoms with Crippen molar-refractivity contribution in [2.24, 2.45) is 0 Å². The molecular weight excluding hydrogens is 824 g/mol. The molecule has 1 N–H and O–H groups in total. The molecule has 1 aliphatic heterocycles. The zero-order valence-corrected chi connectivity index (χ0v) is 39.6. The SMILES string of the molecule is CC(C)(C)c1ccc2c(c1)c1c3c(oc4ccccc43)c(-c3cc4c(cc3Nc3cccc(-c5ccccc5)c3)C(C)(C)c3ccccc3-4)c3c1n2-c1cc2c(cc1[B]3)-c1ccccc1C2(C)C. The van der Waals surface area contributed by atoms with Crippen molar-refractivity contribution in [3.63, 3.8) is 0 Å². The predicted molar refractivity (Wildman–Crippen MR) is 288 cm³/mol. The van der Waals surface area contributed by atoms with E-state index in [-0.39, 0.29) is 16.2 Å². The Morgan fingerprint density at radius 1 is 0.529 bits per heavy atom. The van der Waals surface area contributed by atoms with Crippen LogP contribution in [0.2, 0.25) is 0 Å². The number of para-hydroxylation sites is 1. The van der Waals surface area contributed by atoms with Crippen LogP contribution in [0.1, 0.15) is 76.3 Å². The van der Waals surface area contributed by atoms with Gasteiger partial charge >= 0.3 is 0 Å². The Morgan fingerprint density at radius 2 is 1.19 bits per heavy atom. The first kappa shape index (κ1) is 39.6. The second-order valence-corrected chi connectivity index (χ2v) is 21.6. The summed E-state index contributed by atoms with van der Waals surface area (Å²) in [4.78, 5) is 0. The van der Waals surface area contributed by atoms with Gasteiger partial charge in [-0.15, -0.1) is 0 Å². The number of anilines is 2. The lowest BCUT2D eigenvalue weighted by atomic mass is 9.58. The van der Waals surface area contributed by atoms with E-state index in [2.05, 4.69) is 235 Å². The largest absolute Gasteiger partial charge is 0.455 e. The van der Waals surface area contributed by atoms with Crippen LogP contribution in [0.4, 0.5) is 11.4 Å². The minimum Gasteiger partial charge on any atom is -0.455 e. The highest BCUT2D eigenvalue weighted by atomic mass is 16.3. The summed E-state index contributed by atoms with van der Waals surface area (Å²) >= 11 is 0. The maximum atomic E-state index is 7.36. The summed E-state index contributed by atoms with van der Waals surface area (Å²) in [6, 6.07) is 63.3. The standard InChI is InChI=1S/C64H50BN2O/c1-62(2,3)38-28-29-53-46(31-38)56-57-42-24-13-16-27-55(42)68-61(57)58(59-60(56)67(53)54-35-50-44(33-51(54)65-59)41-23-12-15-26-48(41)64(50,6)7)45-32-43-40-22-11-14-25-47(40)63(4,5)49(43)34-52(45)66-39-21-17-20-37(30-39)36-18-9-8-10-19-36/h8-35,66H,1-7H3. The zero-order chi connectivity index (χ0) is 46.0. The second-order valence-electron chi connectivity index (χ2n) is 21.6. The number of hydrogen-bond acceptors (Lipinski definition) is 2. The molecule has 0 saturated carbocycles. The number of benzene rings is 9. The number of fused-ring (bicyclic) bond motifs is 15. The number of nitrogens with zero attached hydrogens (tertiary/aromatic N) is 1. The molecule has 14 rings (SSSR count). The highest BCUT2D eigenvalue weighted by molar-refractivity contribution is 6.74. The number of rotatable bonds is 4. The molecule has 1 radical (unpaired) electrons. The van der Waals surface area contributed by atoms with Gasteiger partial charge in [-0.25, -0.2) is 0 Å². The minimum atomic E-state index is -0.202. The van der Waals surface area contributed by atoms with E-state index in [0.29, 0.717) is 0 Å². The van der Waals surface area contributed by atoms with E-state index in [1.165, 1.54) is 99.6 Å². The first-order valence-corrected chi connectivity index (χ1v) is 24.2. The molecule has 3 aliphatic rings. The van der Waals surface area contributed by atoms with Gasteiger partial charge in [0, 0.05) is 66.1 Å². The van der Waals surface area contributed by atoms with Crippen LogP contribution in [0.5, 0.6) is 0 Å². The van der Waals surface area contributed by atoms with Gasteiger partial charge in [0.2, 0.25) is 0 Å². The molecule has 4 heteroatoms. The highest BCUT2D eigenvalue weighted by Crippen LogP contribution is 2.55.